The van der Waals surface area contributed by atoms with Gasteiger partial charge in [0.05, 0.1) is 6.04 Å². The third kappa shape index (κ3) is 5.37. The van der Waals surface area contributed by atoms with Gasteiger partial charge in [0.15, 0.2) is 0 Å². The number of aromatic nitrogens is 1. The lowest BCUT2D eigenvalue weighted by molar-refractivity contribution is -0.124. The van der Waals surface area contributed by atoms with Crippen molar-refractivity contribution in [3.63, 3.8) is 0 Å². The van der Waals surface area contributed by atoms with Gasteiger partial charge in [0, 0.05) is 30.9 Å². The van der Waals surface area contributed by atoms with Crippen molar-refractivity contribution in [2.75, 3.05) is 5.32 Å². The van der Waals surface area contributed by atoms with Crippen LogP contribution >= 0.6 is 0 Å². The van der Waals surface area contributed by atoms with Gasteiger partial charge in [-0.05, 0) is 72.7 Å². The first-order chi connectivity index (χ1) is 15.1. The Morgan fingerprint density at radius 2 is 1.55 bits per heavy atom. The summed E-state index contributed by atoms with van der Waals surface area (Å²) >= 11 is 0. The number of aryl methyl sites for hydroxylation is 3. The molecule has 1 heterocycles. The molecule has 1 atom stereocenters. The number of hydrogen-bond acceptors (Lipinski definition) is 3. The minimum absolute atomic E-state index is 0.129. The van der Waals surface area contributed by atoms with Crippen LogP contribution in [-0.2, 0) is 22.4 Å². The van der Waals surface area contributed by atoms with Crippen LogP contribution in [0.5, 0.6) is 0 Å². The second kappa shape index (κ2) is 9.56. The molecule has 3 aromatic rings. The summed E-state index contributed by atoms with van der Waals surface area (Å²) in [6.45, 7) is 2.03. The molecule has 2 amide bonds. The maximum Gasteiger partial charge on any atom is 0.224 e. The fourth-order valence-electron chi connectivity index (χ4n) is 4.01. The highest BCUT2D eigenvalue weighted by atomic mass is 16.2. The topological polar surface area (TPSA) is 71.1 Å². The summed E-state index contributed by atoms with van der Waals surface area (Å²) in [5, 5.41) is 6.00. The van der Waals surface area contributed by atoms with E-state index in [9.17, 15) is 9.59 Å². The zero-order valence-corrected chi connectivity index (χ0v) is 17.7. The highest BCUT2D eigenvalue weighted by molar-refractivity contribution is 5.93. The van der Waals surface area contributed by atoms with Crippen molar-refractivity contribution in [2.45, 2.75) is 45.1 Å². The van der Waals surface area contributed by atoms with Gasteiger partial charge < -0.3 is 10.6 Å². The lowest BCUT2D eigenvalue weighted by Gasteiger charge is -2.20. The van der Waals surface area contributed by atoms with Crippen LogP contribution in [0.25, 0.3) is 0 Å². The molecule has 2 aromatic carbocycles. The molecule has 4 rings (SSSR count). The van der Waals surface area contributed by atoms with E-state index in [4.69, 9.17) is 0 Å². The van der Waals surface area contributed by atoms with Crippen molar-refractivity contribution in [3.8, 4) is 0 Å². The zero-order chi connectivity index (χ0) is 21.6. The van der Waals surface area contributed by atoms with E-state index in [1.807, 2.05) is 49.4 Å². The number of rotatable bonds is 7. The van der Waals surface area contributed by atoms with Gasteiger partial charge in [0.2, 0.25) is 11.8 Å². The molecular weight excluding hydrogens is 386 g/mol. The summed E-state index contributed by atoms with van der Waals surface area (Å²) in [5.74, 6) is -0.310. The molecule has 2 N–H and O–H groups in total. The number of nitrogens with one attached hydrogen (secondary N) is 2. The van der Waals surface area contributed by atoms with Gasteiger partial charge in [-0.15, -0.1) is 0 Å². The maximum atomic E-state index is 12.7. The van der Waals surface area contributed by atoms with Crippen molar-refractivity contribution >= 4 is 17.5 Å². The van der Waals surface area contributed by atoms with Gasteiger partial charge in [0.25, 0.3) is 0 Å². The number of nitrogens with zero attached hydrogens (tertiary/aromatic N) is 1. The van der Waals surface area contributed by atoms with Crippen molar-refractivity contribution < 1.29 is 9.59 Å². The number of carbonyl (C=O) groups excluding carboxylic acids is 2. The fraction of sp³-hybridized carbons (Fsp3) is 0.269. The normalized spacial score (nSPS) is 13.3. The van der Waals surface area contributed by atoms with E-state index in [1.54, 1.807) is 12.4 Å². The number of anilines is 1. The number of fused-ring (bicyclic) bond motifs is 1. The van der Waals surface area contributed by atoms with Crippen LogP contribution in [0.2, 0.25) is 0 Å². The van der Waals surface area contributed by atoms with Crippen LogP contribution < -0.4 is 10.6 Å². The Morgan fingerprint density at radius 3 is 2.32 bits per heavy atom. The predicted octanol–water partition coefficient (Wildman–Crippen LogP) is 4.50. The molecule has 5 nitrogen and oxygen atoms in total. The summed E-state index contributed by atoms with van der Waals surface area (Å²) in [6.07, 6.45) is 7.05. The molecular formula is C26H27N3O2. The van der Waals surface area contributed by atoms with E-state index >= 15 is 0 Å². The van der Waals surface area contributed by atoms with E-state index in [0.717, 1.165) is 35.2 Å². The zero-order valence-electron chi connectivity index (χ0n) is 17.7. The molecule has 31 heavy (non-hydrogen) atoms. The minimum atomic E-state index is -0.282. The molecule has 0 fully saturated rings. The van der Waals surface area contributed by atoms with Crippen LogP contribution in [0, 0.1) is 6.92 Å². The Hall–Kier alpha value is -3.47. The number of hydrogen-bond donors (Lipinski definition) is 2. The van der Waals surface area contributed by atoms with Crippen LogP contribution in [0.4, 0.5) is 5.69 Å². The molecule has 0 spiro atoms. The number of benzene rings is 2. The third-order valence-electron chi connectivity index (χ3n) is 5.72. The van der Waals surface area contributed by atoms with Gasteiger partial charge >= 0.3 is 0 Å². The summed E-state index contributed by atoms with van der Waals surface area (Å²) in [4.78, 5) is 29.1. The Bertz CT molecular complexity index is 1060. The van der Waals surface area contributed by atoms with Crippen LogP contribution in [0.1, 0.15) is 53.1 Å². The Labute approximate surface area is 182 Å². The van der Waals surface area contributed by atoms with Gasteiger partial charge in [-0.25, -0.2) is 0 Å². The molecule has 0 bridgehead atoms. The van der Waals surface area contributed by atoms with Gasteiger partial charge in [0.1, 0.15) is 0 Å². The molecule has 1 aliphatic rings. The summed E-state index contributed by atoms with van der Waals surface area (Å²) < 4.78 is 0. The summed E-state index contributed by atoms with van der Waals surface area (Å²) in [6, 6.07) is 17.7. The van der Waals surface area contributed by atoms with Gasteiger partial charge in [-0.2, -0.15) is 0 Å². The maximum absolute atomic E-state index is 12.7. The van der Waals surface area contributed by atoms with E-state index in [1.165, 1.54) is 17.5 Å². The van der Waals surface area contributed by atoms with E-state index in [2.05, 4.69) is 27.8 Å². The van der Waals surface area contributed by atoms with Crippen LogP contribution in [0.15, 0.2) is 67.0 Å². The molecule has 5 heteroatoms. The number of pyridine rings is 1. The molecule has 0 saturated carbocycles. The Balaban J connectivity index is 1.36. The van der Waals surface area contributed by atoms with E-state index in [0.29, 0.717) is 0 Å². The molecule has 0 radical (unpaired) electrons. The lowest BCUT2D eigenvalue weighted by atomic mass is 9.98. The first-order valence-electron chi connectivity index (χ1n) is 10.8. The largest absolute Gasteiger partial charge is 0.345 e. The highest BCUT2D eigenvalue weighted by Gasteiger charge is 2.18. The summed E-state index contributed by atoms with van der Waals surface area (Å²) in [7, 11) is 0. The molecule has 158 valence electrons. The second-order valence-corrected chi connectivity index (χ2v) is 8.08. The molecule has 0 saturated heterocycles. The predicted molar refractivity (Wildman–Crippen MR) is 122 cm³/mol. The SMILES string of the molecule is Cc1ccc([C@H](NC(=O)CCC(=O)Nc2ccc3c(c2)CCC3)c2ccncc2)cc1. The van der Waals surface area contributed by atoms with Gasteiger partial charge in [-0.3, -0.25) is 14.6 Å². The summed E-state index contributed by atoms with van der Waals surface area (Å²) in [5.41, 5.74) is 6.60. The lowest BCUT2D eigenvalue weighted by Crippen LogP contribution is -2.30. The number of carbonyl (C=O) groups is 2. The highest BCUT2D eigenvalue weighted by Crippen LogP contribution is 2.25. The van der Waals surface area contributed by atoms with Crippen molar-refractivity contribution in [1.82, 2.24) is 10.3 Å². The number of amides is 2. The quantitative estimate of drug-likeness (QED) is 0.599. The molecule has 1 aromatic heterocycles. The van der Waals surface area contributed by atoms with Crippen molar-refractivity contribution in [3.05, 3.63) is 94.8 Å². The average Bonchev–Trinajstić information content (AvgIpc) is 3.25. The third-order valence-corrected chi connectivity index (χ3v) is 5.72. The minimum Gasteiger partial charge on any atom is -0.345 e. The van der Waals surface area contributed by atoms with Crippen molar-refractivity contribution in [1.29, 1.82) is 0 Å². The smallest absolute Gasteiger partial charge is 0.224 e. The standard InChI is InChI=1S/C26H27N3O2/c1-18-5-7-20(8-6-18)26(21-13-15-27-16-14-21)29-25(31)12-11-24(30)28-23-10-9-19-3-2-4-22(19)17-23/h5-10,13-17,26H,2-4,11-12H2,1H3,(H,28,30)(H,29,31)/t26-/m0/s1. The van der Waals surface area contributed by atoms with Crippen LogP contribution in [-0.4, -0.2) is 16.8 Å². The van der Waals surface area contributed by atoms with Gasteiger partial charge in [-0.1, -0.05) is 35.9 Å². The Kier molecular flexibility index (Phi) is 6.41. The van der Waals surface area contributed by atoms with E-state index in [-0.39, 0.29) is 30.7 Å². The second-order valence-electron chi connectivity index (χ2n) is 8.08. The van der Waals surface area contributed by atoms with E-state index < -0.39 is 0 Å². The first-order valence-corrected chi connectivity index (χ1v) is 10.8. The van der Waals surface area contributed by atoms with Crippen molar-refractivity contribution in [2.24, 2.45) is 0 Å². The molecule has 0 unspecified atom stereocenters. The van der Waals surface area contributed by atoms with Crippen LogP contribution in [0.3, 0.4) is 0 Å². The average molecular weight is 414 g/mol. The Morgan fingerprint density at radius 1 is 0.871 bits per heavy atom. The molecule has 1 aliphatic carbocycles. The monoisotopic (exact) mass is 413 g/mol. The first kappa shape index (κ1) is 20.8. The fourth-order valence-corrected chi connectivity index (χ4v) is 4.01. The molecule has 0 aliphatic heterocycles.